The maximum Gasteiger partial charge on any atom is 0.504 e. The third kappa shape index (κ3) is 3.01. The van der Waals surface area contributed by atoms with Gasteiger partial charge in [-0.25, -0.2) is 18.1 Å². The summed E-state index contributed by atoms with van der Waals surface area (Å²) in [6.07, 6.45) is 1.51. The van der Waals surface area contributed by atoms with Crippen LogP contribution in [0.15, 0.2) is 53.8 Å². The average Bonchev–Trinajstić information content (AvgIpc) is 3.26. The molecule has 12 heteroatoms. The van der Waals surface area contributed by atoms with Crippen LogP contribution in [0.25, 0.3) is 22.6 Å². The normalized spacial score (nSPS) is 12.5. The molecule has 0 fully saturated rings. The standard InChI is InChI=1S/C16H11F3N6O2S/c17-16(18,19)28(26,27)15-21-14(12-11-7-4-8-20-13(11)23-22-12)24-25(15)9-10-5-2-1-3-6-10/h1-8H,9H2,(H,20,22,23). The molecule has 0 bridgehead atoms. The summed E-state index contributed by atoms with van der Waals surface area (Å²) in [5, 5.41) is 9.83. The number of pyridine rings is 1. The lowest BCUT2D eigenvalue weighted by molar-refractivity contribution is -0.0442. The Balaban J connectivity index is 1.89. The smallest absolute Gasteiger partial charge is 0.260 e. The molecular formula is C16H11F3N6O2S. The number of rotatable bonds is 4. The van der Waals surface area contributed by atoms with E-state index >= 15 is 0 Å². The predicted octanol–water partition coefficient (Wildman–Crippen LogP) is 2.56. The van der Waals surface area contributed by atoms with Crippen LogP contribution >= 0.6 is 0 Å². The van der Waals surface area contributed by atoms with E-state index in [1.165, 1.54) is 6.20 Å². The van der Waals surface area contributed by atoms with Gasteiger partial charge in [0.2, 0.25) is 5.82 Å². The van der Waals surface area contributed by atoms with Crippen LogP contribution in [0.4, 0.5) is 13.2 Å². The highest BCUT2D eigenvalue weighted by Crippen LogP contribution is 2.31. The first-order chi connectivity index (χ1) is 13.3. The summed E-state index contributed by atoms with van der Waals surface area (Å²) < 4.78 is 64.2. The highest BCUT2D eigenvalue weighted by molar-refractivity contribution is 7.92. The Labute approximate surface area is 156 Å². The molecule has 1 aromatic carbocycles. The van der Waals surface area contributed by atoms with Crippen molar-refractivity contribution >= 4 is 20.9 Å². The summed E-state index contributed by atoms with van der Waals surface area (Å²) in [6.45, 7) is -0.209. The number of aromatic amines is 1. The Morgan fingerprint density at radius 2 is 1.82 bits per heavy atom. The van der Waals surface area contributed by atoms with E-state index in [4.69, 9.17) is 0 Å². The topological polar surface area (TPSA) is 106 Å². The van der Waals surface area contributed by atoms with Crippen molar-refractivity contribution in [1.82, 2.24) is 29.9 Å². The van der Waals surface area contributed by atoms with Crippen molar-refractivity contribution in [3.8, 4) is 11.5 Å². The SMILES string of the molecule is O=S(=O)(c1nc(-c2n[nH]c3ncccc23)nn1Cc1ccccc1)C(F)(F)F. The predicted molar refractivity (Wildman–Crippen MR) is 91.7 cm³/mol. The molecule has 0 atom stereocenters. The Morgan fingerprint density at radius 1 is 1.07 bits per heavy atom. The van der Waals surface area contributed by atoms with Crippen molar-refractivity contribution in [2.24, 2.45) is 0 Å². The van der Waals surface area contributed by atoms with Gasteiger partial charge >= 0.3 is 15.3 Å². The molecule has 4 rings (SSSR count). The van der Waals surface area contributed by atoms with E-state index in [0.29, 0.717) is 21.3 Å². The molecule has 0 amide bonds. The molecular weight excluding hydrogens is 397 g/mol. The molecule has 0 aliphatic heterocycles. The van der Waals surface area contributed by atoms with E-state index in [-0.39, 0.29) is 18.1 Å². The Kier molecular flexibility index (Phi) is 4.14. The van der Waals surface area contributed by atoms with Gasteiger partial charge in [-0.3, -0.25) is 5.10 Å². The monoisotopic (exact) mass is 408 g/mol. The fraction of sp³-hybridized carbons (Fsp3) is 0.125. The van der Waals surface area contributed by atoms with Gasteiger partial charge in [0.25, 0.3) is 5.16 Å². The summed E-state index contributed by atoms with van der Waals surface area (Å²) in [5.74, 6) is -0.252. The minimum atomic E-state index is -5.71. The first-order valence-electron chi connectivity index (χ1n) is 7.87. The third-order valence-corrected chi connectivity index (χ3v) is 5.30. The molecule has 0 unspecified atom stereocenters. The van der Waals surface area contributed by atoms with Gasteiger partial charge in [0.05, 0.1) is 11.9 Å². The van der Waals surface area contributed by atoms with Crippen LogP contribution in [0, 0.1) is 0 Å². The van der Waals surface area contributed by atoms with Crippen molar-refractivity contribution in [3.05, 3.63) is 54.2 Å². The van der Waals surface area contributed by atoms with Gasteiger partial charge in [-0.1, -0.05) is 30.3 Å². The van der Waals surface area contributed by atoms with Gasteiger partial charge in [0, 0.05) is 6.20 Å². The quantitative estimate of drug-likeness (QED) is 0.556. The van der Waals surface area contributed by atoms with E-state index in [1.807, 2.05) is 0 Å². The van der Waals surface area contributed by atoms with Gasteiger partial charge in [-0.2, -0.15) is 23.3 Å². The van der Waals surface area contributed by atoms with E-state index < -0.39 is 20.5 Å². The van der Waals surface area contributed by atoms with Crippen LogP contribution in [0.3, 0.4) is 0 Å². The summed E-state index contributed by atoms with van der Waals surface area (Å²) in [7, 11) is -5.71. The molecule has 28 heavy (non-hydrogen) atoms. The molecule has 0 spiro atoms. The van der Waals surface area contributed by atoms with Crippen LogP contribution in [0.1, 0.15) is 5.56 Å². The first kappa shape index (κ1) is 18.1. The molecule has 1 N–H and O–H groups in total. The molecule has 0 saturated carbocycles. The van der Waals surface area contributed by atoms with Crippen LogP contribution in [-0.2, 0) is 16.4 Å². The fourth-order valence-electron chi connectivity index (χ4n) is 2.61. The van der Waals surface area contributed by atoms with Crippen molar-refractivity contribution in [2.45, 2.75) is 17.2 Å². The number of sulfone groups is 1. The highest BCUT2D eigenvalue weighted by Gasteiger charge is 2.50. The molecule has 4 aromatic rings. The van der Waals surface area contributed by atoms with Gasteiger partial charge < -0.3 is 0 Å². The Morgan fingerprint density at radius 3 is 2.54 bits per heavy atom. The number of nitrogens with zero attached hydrogens (tertiary/aromatic N) is 5. The molecule has 0 radical (unpaired) electrons. The lowest BCUT2D eigenvalue weighted by Crippen LogP contribution is -2.27. The van der Waals surface area contributed by atoms with E-state index in [2.05, 4.69) is 25.3 Å². The van der Waals surface area contributed by atoms with Gasteiger partial charge in [-0.05, 0) is 17.7 Å². The lowest BCUT2D eigenvalue weighted by atomic mass is 10.2. The zero-order chi connectivity index (χ0) is 19.9. The van der Waals surface area contributed by atoms with E-state index in [9.17, 15) is 21.6 Å². The van der Waals surface area contributed by atoms with Crippen molar-refractivity contribution in [1.29, 1.82) is 0 Å². The number of hydrogen-bond donors (Lipinski definition) is 1. The fourth-order valence-corrected chi connectivity index (χ4v) is 3.41. The zero-order valence-electron chi connectivity index (χ0n) is 13.9. The molecule has 0 aliphatic carbocycles. The van der Waals surface area contributed by atoms with Crippen LogP contribution in [-0.4, -0.2) is 43.9 Å². The van der Waals surface area contributed by atoms with Crippen molar-refractivity contribution in [2.75, 3.05) is 0 Å². The van der Waals surface area contributed by atoms with Crippen LogP contribution in [0.5, 0.6) is 0 Å². The highest BCUT2D eigenvalue weighted by atomic mass is 32.2. The minimum absolute atomic E-state index is 0.105. The number of hydrogen-bond acceptors (Lipinski definition) is 6. The van der Waals surface area contributed by atoms with Crippen LogP contribution in [0.2, 0.25) is 0 Å². The summed E-state index contributed by atoms with van der Waals surface area (Å²) in [4.78, 5) is 7.70. The summed E-state index contributed by atoms with van der Waals surface area (Å²) in [6, 6.07) is 11.6. The first-order valence-corrected chi connectivity index (χ1v) is 9.35. The van der Waals surface area contributed by atoms with E-state index in [1.54, 1.807) is 42.5 Å². The van der Waals surface area contributed by atoms with Gasteiger partial charge in [0.1, 0.15) is 5.69 Å². The number of fused-ring (bicyclic) bond motifs is 1. The molecule has 0 aliphatic rings. The summed E-state index contributed by atoms with van der Waals surface area (Å²) >= 11 is 0. The average molecular weight is 408 g/mol. The molecule has 3 heterocycles. The number of halogens is 3. The number of alkyl halides is 3. The zero-order valence-corrected chi connectivity index (χ0v) is 14.7. The van der Waals surface area contributed by atoms with E-state index in [0.717, 1.165) is 0 Å². The number of nitrogens with one attached hydrogen (secondary N) is 1. The molecule has 8 nitrogen and oxygen atoms in total. The number of aromatic nitrogens is 6. The van der Waals surface area contributed by atoms with Gasteiger partial charge in [0.15, 0.2) is 5.65 Å². The molecule has 3 aromatic heterocycles. The Hall–Kier alpha value is -3.28. The second kappa shape index (κ2) is 6.41. The second-order valence-electron chi connectivity index (χ2n) is 5.78. The number of benzene rings is 1. The van der Waals surface area contributed by atoms with Crippen LogP contribution < -0.4 is 0 Å². The van der Waals surface area contributed by atoms with Crippen molar-refractivity contribution in [3.63, 3.8) is 0 Å². The summed E-state index contributed by atoms with van der Waals surface area (Å²) in [5.41, 5.74) is -4.47. The molecule has 144 valence electrons. The second-order valence-corrected chi connectivity index (χ2v) is 7.62. The minimum Gasteiger partial charge on any atom is -0.260 e. The molecule has 0 saturated heterocycles. The van der Waals surface area contributed by atoms with Crippen molar-refractivity contribution < 1.29 is 21.6 Å². The maximum atomic E-state index is 13.1. The lowest BCUT2D eigenvalue weighted by Gasteiger charge is -2.09. The maximum absolute atomic E-state index is 13.1. The van der Waals surface area contributed by atoms with Gasteiger partial charge in [-0.15, -0.1) is 5.10 Å². The Bertz CT molecular complexity index is 1250. The third-order valence-electron chi connectivity index (χ3n) is 3.91. The number of H-pyrrole nitrogens is 1. The largest absolute Gasteiger partial charge is 0.504 e.